The zero-order valence-electron chi connectivity index (χ0n) is 12.5. The van der Waals surface area contributed by atoms with Gasteiger partial charge in [-0.25, -0.2) is 14.6 Å². The monoisotopic (exact) mass is 295 g/mol. The number of carbonyl (C=O) groups excluding carboxylic acids is 1. The van der Waals surface area contributed by atoms with Crippen LogP contribution in [0.2, 0.25) is 0 Å². The summed E-state index contributed by atoms with van der Waals surface area (Å²) in [6.07, 6.45) is 1.74. The minimum Gasteiger partial charge on any atom is -0.477 e. The molecule has 7 heteroatoms. The Balaban J connectivity index is 2.19. The number of carboxylic acids is 1. The Hall–Kier alpha value is -2.31. The number of pyridine rings is 1. The number of carbonyl (C=O) groups is 2. The van der Waals surface area contributed by atoms with Crippen LogP contribution in [-0.4, -0.2) is 40.8 Å². The Morgan fingerprint density at radius 3 is 2.52 bits per heavy atom. The molecule has 1 heterocycles. The van der Waals surface area contributed by atoms with E-state index in [9.17, 15) is 9.59 Å². The van der Waals surface area contributed by atoms with Gasteiger partial charge >= 0.3 is 12.1 Å². The van der Waals surface area contributed by atoms with Crippen LogP contribution in [0.3, 0.4) is 0 Å². The number of nitrogens with one attached hydrogen (secondary N) is 2. The lowest BCUT2D eigenvalue weighted by atomic mass is 10.2. The molecule has 7 nitrogen and oxygen atoms in total. The number of anilines is 1. The van der Waals surface area contributed by atoms with Crippen molar-refractivity contribution < 1.29 is 19.4 Å². The highest BCUT2D eigenvalue weighted by Crippen LogP contribution is 2.07. The molecule has 0 aliphatic carbocycles. The largest absolute Gasteiger partial charge is 0.477 e. The molecule has 0 atom stereocenters. The smallest absolute Gasteiger partial charge is 0.407 e. The molecule has 3 N–H and O–H groups in total. The molecule has 0 aliphatic rings. The van der Waals surface area contributed by atoms with Gasteiger partial charge in [-0.2, -0.15) is 0 Å². The van der Waals surface area contributed by atoms with Crippen LogP contribution in [0.15, 0.2) is 18.3 Å². The van der Waals surface area contributed by atoms with Crippen molar-refractivity contribution in [1.82, 2.24) is 10.3 Å². The maximum Gasteiger partial charge on any atom is 0.407 e. The minimum atomic E-state index is -1.05. The van der Waals surface area contributed by atoms with Crippen LogP contribution in [0, 0.1) is 0 Å². The highest BCUT2D eigenvalue weighted by molar-refractivity contribution is 5.85. The average molecular weight is 295 g/mol. The van der Waals surface area contributed by atoms with E-state index in [1.165, 1.54) is 12.3 Å². The molecule has 0 radical (unpaired) electrons. The second kappa shape index (κ2) is 7.47. The van der Waals surface area contributed by atoms with Gasteiger partial charge in [0.1, 0.15) is 11.3 Å². The molecule has 1 aromatic heterocycles. The first kappa shape index (κ1) is 16.7. The van der Waals surface area contributed by atoms with E-state index in [0.717, 1.165) is 5.69 Å². The summed E-state index contributed by atoms with van der Waals surface area (Å²) in [6, 6.07) is 3.08. The molecule has 0 unspecified atom stereocenters. The Kier molecular flexibility index (Phi) is 5.95. The number of amides is 1. The lowest BCUT2D eigenvalue weighted by Crippen LogP contribution is -2.33. The summed E-state index contributed by atoms with van der Waals surface area (Å²) in [5.41, 5.74) is 0.240. The first-order valence-electron chi connectivity index (χ1n) is 6.68. The van der Waals surface area contributed by atoms with Gasteiger partial charge in [0, 0.05) is 13.1 Å². The fraction of sp³-hybridized carbons (Fsp3) is 0.500. The van der Waals surface area contributed by atoms with Crippen LogP contribution in [0.4, 0.5) is 10.5 Å². The highest BCUT2D eigenvalue weighted by Gasteiger charge is 2.15. The number of ether oxygens (including phenoxy) is 1. The van der Waals surface area contributed by atoms with E-state index in [-0.39, 0.29) is 5.69 Å². The Labute approximate surface area is 123 Å². The fourth-order valence-electron chi connectivity index (χ4n) is 1.45. The Morgan fingerprint density at radius 1 is 1.29 bits per heavy atom. The molecule has 0 aromatic carbocycles. The van der Waals surface area contributed by atoms with Gasteiger partial charge in [0.25, 0.3) is 0 Å². The minimum absolute atomic E-state index is 0.00661. The van der Waals surface area contributed by atoms with Crippen molar-refractivity contribution in [2.45, 2.75) is 32.8 Å². The Bertz CT molecular complexity index is 480. The maximum atomic E-state index is 11.4. The lowest BCUT2D eigenvalue weighted by Gasteiger charge is -2.19. The van der Waals surface area contributed by atoms with Crippen molar-refractivity contribution in [2.75, 3.05) is 18.4 Å². The summed E-state index contributed by atoms with van der Waals surface area (Å²) in [5, 5.41) is 14.5. The lowest BCUT2D eigenvalue weighted by molar-refractivity contribution is 0.0527. The molecule has 1 amide bonds. The van der Waals surface area contributed by atoms with Gasteiger partial charge in [-0.15, -0.1) is 0 Å². The van der Waals surface area contributed by atoms with Crippen molar-refractivity contribution in [3.63, 3.8) is 0 Å². The molecule has 0 saturated heterocycles. The number of hydrogen-bond donors (Lipinski definition) is 3. The predicted octanol–water partition coefficient (Wildman–Crippen LogP) is 2.11. The second-order valence-electron chi connectivity index (χ2n) is 5.45. The molecule has 1 rings (SSSR count). The number of aromatic nitrogens is 1. The van der Waals surface area contributed by atoms with Gasteiger partial charge in [-0.1, -0.05) is 0 Å². The van der Waals surface area contributed by atoms with Crippen LogP contribution in [0.1, 0.15) is 37.7 Å². The standard InChI is InChI=1S/C14H21N3O4/c1-14(2,3)21-13(20)16-8-4-7-15-10-5-6-11(12(18)19)17-9-10/h5-6,9,15H,4,7-8H2,1-3H3,(H,16,20)(H,18,19). The van der Waals surface area contributed by atoms with Crippen LogP contribution < -0.4 is 10.6 Å². The van der Waals surface area contributed by atoms with Crippen LogP contribution in [0.25, 0.3) is 0 Å². The maximum absolute atomic E-state index is 11.4. The van der Waals surface area contributed by atoms with Crippen molar-refractivity contribution in [3.8, 4) is 0 Å². The quantitative estimate of drug-likeness (QED) is 0.695. The topological polar surface area (TPSA) is 101 Å². The molecule has 116 valence electrons. The van der Waals surface area contributed by atoms with Crippen LogP contribution in [-0.2, 0) is 4.74 Å². The third-order valence-electron chi connectivity index (χ3n) is 2.33. The van der Waals surface area contributed by atoms with Crippen molar-refractivity contribution in [1.29, 1.82) is 0 Å². The normalized spacial score (nSPS) is 10.8. The van der Waals surface area contributed by atoms with Crippen LogP contribution in [0.5, 0.6) is 0 Å². The van der Waals surface area contributed by atoms with Crippen molar-refractivity contribution >= 4 is 17.7 Å². The summed E-state index contributed by atoms with van der Waals surface area (Å²) in [5.74, 6) is -1.05. The summed E-state index contributed by atoms with van der Waals surface area (Å²) in [6.45, 7) is 6.54. The fourth-order valence-corrected chi connectivity index (χ4v) is 1.45. The van der Waals surface area contributed by atoms with E-state index < -0.39 is 17.7 Å². The van der Waals surface area contributed by atoms with E-state index in [4.69, 9.17) is 9.84 Å². The third kappa shape index (κ3) is 7.14. The number of hydrogen-bond acceptors (Lipinski definition) is 5. The zero-order valence-corrected chi connectivity index (χ0v) is 12.5. The van der Waals surface area contributed by atoms with Gasteiger partial charge in [-0.05, 0) is 39.3 Å². The first-order chi connectivity index (χ1) is 9.78. The molecule has 0 spiro atoms. The van der Waals surface area contributed by atoms with Gasteiger partial charge in [0.15, 0.2) is 0 Å². The molecule has 21 heavy (non-hydrogen) atoms. The molecule has 0 saturated carbocycles. The molecular formula is C14H21N3O4. The molecule has 1 aromatic rings. The molecule has 0 fully saturated rings. The van der Waals surface area contributed by atoms with E-state index >= 15 is 0 Å². The van der Waals surface area contributed by atoms with E-state index in [0.29, 0.717) is 19.5 Å². The Morgan fingerprint density at radius 2 is 2.00 bits per heavy atom. The number of nitrogens with zero attached hydrogens (tertiary/aromatic N) is 1. The first-order valence-corrected chi connectivity index (χ1v) is 6.68. The van der Waals surface area contributed by atoms with E-state index in [2.05, 4.69) is 15.6 Å². The van der Waals surface area contributed by atoms with Gasteiger partial charge < -0.3 is 20.5 Å². The number of aromatic carboxylic acids is 1. The van der Waals surface area contributed by atoms with Gasteiger partial charge in [0.2, 0.25) is 0 Å². The van der Waals surface area contributed by atoms with Crippen molar-refractivity contribution in [2.24, 2.45) is 0 Å². The highest BCUT2D eigenvalue weighted by atomic mass is 16.6. The van der Waals surface area contributed by atoms with E-state index in [1.807, 2.05) is 20.8 Å². The van der Waals surface area contributed by atoms with Gasteiger partial charge in [-0.3, -0.25) is 0 Å². The third-order valence-corrected chi connectivity index (χ3v) is 2.33. The average Bonchev–Trinajstić information content (AvgIpc) is 2.36. The molecular weight excluding hydrogens is 274 g/mol. The zero-order chi connectivity index (χ0) is 15.9. The SMILES string of the molecule is CC(C)(C)OC(=O)NCCCNc1ccc(C(=O)O)nc1. The molecule has 0 bridgehead atoms. The summed E-state index contributed by atoms with van der Waals surface area (Å²) in [7, 11) is 0. The number of carboxylic acid groups (broad SMARTS) is 1. The molecule has 0 aliphatic heterocycles. The second-order valence-corrected chi connectivity index (χ2v) is 5.45. The number of rotatable bonds is 6. The van der Waals surface area contributed by atoms with Crippen LogP contribution >= 0.6 is 0 Å². The van der Waals surface area contributed by atoms with E-state index in [1.54, 1.807) is 6.07 Å². The van der Waals surface area contributed by atoms with Crippen molar-refractivity contribution in [3.05, 3.63) is 24.0 Å². The summed E-state index contributed by atoms with van der Waals surface area (Å²) in [4.78, 5) is 25.8. The predicted molar refractivity (Wildman–Crippen MR) is 78.5 cm³/mol. The number of alkyl carbamates (subject to hydrolysis) is 1. The van der Waals surface area contributed by atoms with Gasteiger partial charge in [0.05, 0.1) is 11.9 Å². The summed E-state index contributed by atoms with van der Waals surface area (Å²) < 4.78 is 5.10. The summed E-state index contributed by atoms with van der Waals surface area (Å²) >= 11 is 0.